The van der Waals surface area contributed by atoms with Gasteiger partial charge in [-0.2, -0.15) is 0 Å². The van der Waals surface area contributed by atoms with Crippen LogP contribution in [-0.4, -0.2) is 48.3 Å². The fraction of sp³-hybridized carbons (Fsp3) is 0.296. The Morgan fingerprint density at radius 2 is 1.97 bits per heavy atom. The number of tetrazole rings is 1. The highest BCUT2D eigenvalue weighted by Crippen LogP contribution is 2.34. The van der Waals surface area contributed by atoms with E-state index in [1.54, 1.807) is 17.1 Å². The molecule has 1 aromatic carbocycles. The highest BCUT2D eigenvalue weighted by Gasteiger charge is 2.27. The lowest BCUT2D eigenvalue weighted by Gasteiger charge is -2.30. The third kappa shape index (κ3) is 4.88. The van der Waals surface area contributed by atoms with Crippen LogP contribution >= 0.6 is 0 Å². The van der Waals surface area contributed by atoms with Crippen LogP contribution in [0.3, 0.4) is 0 Å². The number of fused-ring (bicyclic) bond motifs is 2. The van der Waals surface area contributed by atoms with Crippen molar-refractivity contribution in [3.8, 4) is 11.5 Å². The predicted octanol–water partition coefficient (Wildman–Crippen LogP) is 3.48. The molecular weight excluding hydrogens is 486 g/mol. The lowest BCUT2D eigenvalue weighted by atomic mass is 10.1. The van der Waals surface area contributed by atoms with Gasteiger partial charge in [-0.15, -0.1) is 5.10 Å². The molecule has 0 bridgehead atoms. The Bertz CT molecular complexity index is 1580. The minimum absolute atomic E-state index is 0.157. The molecule has 5 heterocycles. The molecule has 11 heteroatoms. The van der Waals surface area contributed by atoms with E-state index < -0.39 is 0 Å². The maximum absolute atomic E-state index is 13.2. The van der Waals surface area contributed by atoms with Crippen molar-refractivity contribution in [1.29, 1.82) is 0 Å². The Balaban J connectivity index is 1.36. The first-order valence-electron chi connectivity index (χ1n) is 12.5. The molecular formula is C27H27N7O4. The first-order chi connectivity index (χ1) is 18.7. The number of H-pyrrole nitrogens is 1. The van der Waals surface area contributed by atoms with E-state index in [0.717, 1.165) is 23.1 Å². The van der Waals surface area contributed by atoms with E-state index in [2.05, 4.69) is 37.3 Å². The van der Waals surface area contributed by atoms with Crippen molar-refractivity contribution in [2.45, 2.75) is 39.0 Å². The van der Waals surface area contributed by atoms with Crippen molar-refractivity contribution in [3.63, 3.8) is 0 Å². The van der Waals surface area contributed by atoms with Crippen molar-refractivity contribution in [3.05, 3.63) is 94.2 Å². The van der Waals surface area contributed by atoms with E-state index >= 15 is 0 Å². The number of hydrogen-bond donors (Lipinski definition) is 1. The summed E-state index contributed by atoms with van der Waals surface area (Å²) >= 11 is 0. The van der Waals surface area contributed by atoms with Crippen LogP contribution in [0.15, 0.2) is 70.3 Å². The van der Waals surface area contributed by atoms with E-state index in [1.165, 1.54) is 0 Å². The number of furan rings is 1. The van der Waals surface area contributed by atoms with Crippen LogP contribution in [0.25, 0.3) is 10.9 Å². The van der Waals surface area contributed by atoms with Crippen LogP contribution < -0.4 is 15.0 Å². The fourth-order valence-electron chi connectivity index (χ4n) is 4.84. The number of pyridine rings is 2. The molecule has 0 radical (unpaired) electrons. The van der Waals surface area contributed by atoms with Gasteiger partial charge in [0.1, 0.15) is 25.5 Å². The standard InChI is InChI=1S/C27H27N7O4/c1-2-23(26-30-31-32-34(26)17-21-6-4-8-36-21)33(15-18-5-3-7-28-14-18)16-20-11-19-12-24-25(38-10-9-37-24)13-22(19)29-27(20)35/h3-8,11-14,23H,2,9-10,15-17H2,1H3,(H,29,35)/t23-/m1/s1. The maximum Gasteiger partial charge on any atom is 0.252 e. The Labute approximate surface area is 218 Å². The molecule has 0 saturated carbocycles. The number of ether oxygens (including phenoxy) is 2. The zero-order valence-electron chi connectivity index (χ0n) is 20.9. The molecule has 5 aromatic rings. The van der Waals surface area contributed by atoms with Gasteiger partial charge in [-0.3, -0.25) is 14.7 Å². The van der Waals surface area contributed by atoms with Crippen molar-refractivity contribution in [2.24, 2.45) is 0 Å². The van der Waals surface area contributed by atoms with E-state index in [4.69, 9.17) is 13.9 Å². The van der Waals surface area contributed by atoms with Crippen molar-refractivity contribution >= 4 is 10.9 Å². The average molecular weight is 514 g/mol. The van der Waals surface area contributed by atoms with Gasteiger partial charge < -0.3 is 18.9 Å². The molecule has 38 heavy (non-hydrogen) atoms. The van der Waals surface area contributed by atoms with Crippen LogP contribution in [0.1, 0.15) is 42.1 Å². The lowest BCUT2D eigenvalue weighted by Crippen LogP contribution is -2.32. The molecule has 4 aromatic heterocycles. The highest BCUT2D eigenvalue weighted by molar-refractivity contribution is 5.83. The molecule has 0 unspecified atom stereocenters. The zero-order chi connectivity index (χ0) is 25.9. The maximum atomic E-state index is 13.2. The summed E-state index contributed by atoms with van der Waals surface area (Å²) in [6.45, 7) is 4.41. The second-order valence-corrected chi connectivity index (χ2v) is 9.17. The number of nitrogens with one attached hydrogen (secondary N) is 1. The Hall–Kier alpha value is -4.51. The molecule has 0 saturated heterocycles. The third-order valence-electron chi connectivity index (χ3n) is 6.64. The number of nitrogens with zero attached hydrogens (tertiary/aromatic N) is 6. The first-order valence-corrected chi connectivity index (χ1v) is 12.5. The molecule has 0 fully saturated rings. The van der Waals surface area contributed by atoms with Crippen molar-refractivity contribution < 1.29 is 13.9 Å². The topological polar surface area (TPSA) is 124 Å². The van der Waals surface area contributed by atoms with Crippen LogP contribution in [0.2, 0.25) is 0 Å². The summed E-state index contributed by atoms with van der Waals surface area (Å²) in [5.74, 6) is 2.77. The van der Waals surface area contributed by atoms with Gasteiger partial charge >= 0.3 is 0 Å². The number of aromatic nitrogens is 6. The second kappa shape index (κ2) is 10.5. The van der Waals surface area contributed by atoms with E-state index in [-0.39, 0.29) is 11.6 Å². The average Bonchev–Trinajstić information content (AvgIpc) is 3.62. The van der Waals surface area contributed by atoms with Crippen LogP contribution in [0, 0.1) is 0 Å². The van der Waals surface area contributed by atoms with Crippen molar-refractivity contribution in [1.82, 2.24) is 35.1 Å². The van der Waals surface area contributed by atoms with Crippen LogP contribution in [0.5, 0.6) is 11.5 Å². The Morgan fingerprint density at radius 3 is 2.74 bits per heavy atom. The molecule has 0 amide bonds. The first kappa shape index (κ1) is 23.9. The number of rotatable bonds is 9. The monoisotopic (exact) mass is 513 g/mol. The Morgan fingerprint density at radius 1 is 1.11 bits per heavy atom. The van der Waals surface area contributed by atoms with E-state index in [9.17, 15) is 4.79 Å². The molecule has 1 atom stereocenters. The molecule has 1 aliphatic rings. The van der Waals surface area contributed by atoms with Gasteiger partial charge in [-0.25, -0.2) is 4.68 Å². The number of aromatic amines is 1. The molecule has 1 aliphatic heterocycles. The smallest absolute Gasteiger partial charge is 0.252 e. The Kier molecular flexibility index (Phi) is 6.57. The third-order valence-corrected chi connectivity index (χ3v) is 6.64. The SMILES string of the molecule is CC[C@H](c1nnnn1Cc1ccco1)N(Cc1cccnc1)Cc1cc2cc3c(cc2[nH]c1=O)OCCO3. The van der Waals surface area contributed by atoms with Gasteiger partial charge in [0.15, 0.2) is 17.3 Å². The largest absolute Gasteiger partial charge is 0.486 e. The summed E-state index contributed by atoms with van der Waals surface area (Å²) in [4.78, 5) is 22.7. The molecule has 11 nitrogen and oxygen atoms in total. The highest BCUT2D eigenvalue weighted by atomic mass is 16.6. The summed E-state index contributed by atoms with van der Waals surface area (Å²) in [5, 5.41) is 13.4. The number of benzene rings is 1. The quantitative estimate of drug-likeness (QED) is 0.315. The van der Waals surface area contributed by atoms with Gasteiger partial charge in [0.2, 0.25) is 0 Å². The van der Waals surface area contributed by atoms with E-state index in [1.807, 2.05) is 48.7 Å². The second-order valence-electron chi connectivity index (χ2n) is 9.17. The lowest BCUT2D eigenvalue weighted by molar-refractivity contribution is 0.160. The van der Waals surface area contributed by atoms with Gasteiger partial charge in [0, 0.05) is 42.5 Å². The number of hydrogen-bond acceptors (Lipinski definition) is 9. The van der Waals surface area contributed by atoms with Crippen LogP contribution in [-0.2, 0) is 19.6 Å². The molecule has 1 N–H and O–H groups in total. The summed E-state index contributed by atoms with van der Waals surface area (Å²) < 4.78 is 18.7. The molecule has 6 rings (SSSR count). The van der Waals surface area contributed by atoms with E-state index in [0.29, 0.717) is 61.3 Å². The summed E-state index contributed by atoms with van der Waals surface area (Å²) in [7, 11) is 0. The summed E-state index contributed by atoms with van der Waals surface area (Å²) in [6, 6.07) is 13.1. The molecule has 0 spiro atoms. The van der Waals surface area contributed by atoms with Crippen LogP contribution in [0.4, 0.5) is 0 Å². The van der Waals surface area contributed by atoms with Gasteiger partial charge in [0.05, 0.1) is 17.8 Å². The predicted molar refractivity (Wildman–Crippen MR) is 138 cm³/mol. The fourth-order valence-corrected chi connectivity index (χ4v) is 4.84. The zero-order valence-corrected chi connectivity index (χ0v) is 20.9. The molecule has 194 valence electrons. The van der Waals surface area contributed by atoms with Gasteiger partial charge in [0.25, 0.3) is 5.56 Å². The van der Waals surface area contributed by atoms with Gasteiger partial charge in [-0.1, -0.05) is 13.0 Å². The van der Waals surface area contributed by atoms with Gasteiger partial charge in [-0.05, 0) is 52.7 Å². The minimum Gasteiger partial charge on any atom is -0.486 e. The van der Waals surface area contributed by atoms with Crippen molar-refractivity contribution in [2.75, 3.05) is 13.2 Å². The minimum atomic E-state index is -0.171. The molecule has 0 aliphatic carbocycles. The normalized spacial score (nSPS) is 13.7. The summed E-state index contributed by atoms with van der Waals surface area (Å²) in [5.41, 5.74) is 2.20. The summed E-state index contributed by atoms with van der Waals surface area (Å²) in [6.07, 6.45) is 5.93.